The molecule has 1 saturated heterocycles. The van der Waals surface area contributed by atoms with Crippen LogP contribution in [0.5, 0.6) is 5.75 Å². The van der Waals surface area contributed by atoms with Gasteiger partial charge in [-0.1, -0.05) is 0 Å². The molecule has 1 aliphatic heterocycles. The zero-order valence-corrected chi connectivity index (χ0v) is 17.2. The number of nitrogens with one attached hydrogen (secondary N) is 2. The summed E-state index contributed by atoms with van der Waals surface area (Å²) in [5.41, 5.74) is 1.05. The lowest BCUT2D eigenvalue weighted by Gasteiger charge is -2.20. The van der Waals surface area contributed by atoms with Crippen molar-refractivity contribution in [3.05, 3.63) is 48.3 Å². The fourth-order valence-electron chi connectivity index (χ4n) is 3.10. The van der Waals surface area contributed by atoms with E-state index in [1.165, 1.54) is 7.11 Å². The zero-order valence-electron chi connectivity index (χ0n) is 16.4. The molecule has 1 fully saturated rings. The molecule has 8 nitrogen and oxygen atoms in total. The Morgan fingerprint density at radius 3 is 2.57 bits per heavy atom. The zero-order chi connectivity index (χ0) is 21.7. The number of amides is 2. The molecule has 0 radical (unpaired) electrons. The smallest absolute Gasteiger partial charge is 0.240 e. The maximum atomic E-state index is 12.9. The van der Waals surface area contributed by atoms with Crippen molar-refractivity contribution in [1.29, 1.82) is 0 Å². The van der Waals surface area contributed by atoms with Crippen molar-refractivity contribution in [3.8, 4) is 5.75 Å². The lowest BCUT2D eigenvalue weighted by atomic mass is 10.2. The summed E-state index contributed by atoms with van der Waals surface area (Å²) in [5.74, 6) is -0.425. The molecular formula is C20H22FN3O5S. The van der Waals surface area contributed by atoms with Gasteiger partial charge in [-0.15, -0.1) is 0 Å². The van der Waals surface area contributed by atoms with Crippen LogP contribution in [0, 0.1) is 5.82 Å². The number of sulfonamides is 1. The largest absolute Gasteiger partial charge is 0.495 e. The molecule has 0 unspecified atom stereocenters. The molecule has 30 heavy (non-hydrogen) atoms. The van der Waals surface area contributed by atoms with E-state index in [1.807, 2.05) is 0 Å². The number of rotatable bonds is 8. The first-order chi connectivity index (χ1) is 14.3. The highest BCUT2D eigenvalue weighted by Gasteiger charge is 2.25. The highest BCUT2D eigenvalue weighted by Crippen LogP contribution is 2.34. The summed E-state index contributed by atoms with van der Waals surface area (Å²) in [7, 11) is -2.33. The van der Waals surface area contributed by atoms with Crippen molar-refractivity contribution in [1.82, 2.24) is 4.72 Å². The topological polar surface area (TPSA) is 105 Å². The van der Waals surface area contributed by atoms with Crippen LogP contribution in [0.3, 0.4) is 0 Å². The number of halogens is 1. The summed E-state index contributed by atoms with van der Waals surface area (Å²) in [4.78, 5) is 25.8. The molecule has 0 spiro atoms. The van der Waals surface area contributed by atoms with Crippen molar-refractivity contribution in [2.45, 2.75) is 24.2 Å². The molecule has 0 bridgehead atoms. The Balaban J connectivity index is 1.59. The molecule has 2 amide bonds. The number of anilines is 2. The van der Waals surface area contributed by atoms with E-state index in [2.05, 4.69) is 10.0 Å². The number of nitrogens with zero attached hydrogens (tertiary/aromatic N) is 1. The minimum absolute atomic E-state index is 0.00743. The van der Waals surface area contributed by atoms with Gasteiger partial charge in [0, 0.05) is 31.6 Å². The monoisotopic (exact) mass is 435 g/mol. The summed E-state index contributed by atoms with van der Waals surface area (Å²) in [6, 6.07) is 9.35. The minimum Gasteiger partial charge on any atom is -0.495 e. The average Bonchev–Trinajstić information content (AvgIpc) is 3.14. The van der Waals surface area contributed by atoms with E-state index in [4.69, 9.17) is 4.74 Å². The molecule has 10 heteroatoms. The fraction of sp³-hybridized carbons (Fsp3) is 0.300. The summed E-state index contributed by atoms with van der Waals surface area (Å²) < 4.78 is 44.9. The molecule has 1 heterocycles. The summed E-state index contributed by atoms with van der Waals surface area (Å²) in [6.45, 7) is 0.455. The second-order valence-corrected chi connectivity index (χ2v) is 8.45. The first-order valence-corrected chi connectivity index (χ1v) is 10.8. The Kier molecular flexibility index (Phi) is 6.68. The predicted molar refractivity (Wildman–Crippen MR) is 109 cm³/mol. The van der Waals surface area contributed by atoms with Crippen LogP contribution in [0.1, 0.15) is 19.3 Å². The van der Waals surface area contributed by atoms with E-state index in [0.29, 0.717) is 30.1 Å². The number of hydrogen-bond donors (Lipinski definition) is 2. The van der Waals surface area contributed by atoms with Gasteiger partial charge in [0.2, 0.25) is 21.8 Å². The standard InChI is InChI=1S/C20H22FN3O5S/c1-29-18-9-6-15(13-17(18)24-12-2-3-20(24)26)23-19(25)10-11-22-30(27,28)16-7-4-14(21)5-8-16/h4-9,13,22H,2-3,10-12H2,1H3,(H,23,25). The predicted octanol–water partition coefficient (Wildman–Crippen LogP) is 2.27. The third kappa shape index (κ3) is 5.14. The van der Waals surface area contributed by atoms with Crippen LogP contribution >= 0.6 is 0 Å². The van der Waals surface area contributed by atoms with E-state index in [0.717, 1.165) is 30.7 Å². The highest BCUT2D eigenvalue weighted by atomic mass is 32.2. The SMILES string of the molecule is COc1ccc(NC(=O)CCNS(=O)(=O)c2ccc(F)cc2)cc1N1CCCC1=O. The first kappa shape index (κ1) is 21.7. The van der Waals surface area contributed by atoms with Gasteiger partial charge < -0.3 is 15.0 Å². The first-order valence-electron chi connectivity index (χ1n) is 9.33. The molecule has 0 aromatic heterocycles. The highest BCUT2D eigenvalue weighted by molar-refractivity contribution is 7.89. The van der Waals surface area contributed by atoms with Crippen molar-refractivity contribution in [2.24, 2.45) is 0 Å². The molecule has 3 rings (SSSR count). The lowest BCUT2D eigenvalue weighted by molar-refractivity contribution is -0.117. The number of ether oxygens (including phenoxy) is 1. The van der Waals surface area contributed by atoms with Crippen molar-refractivity contribution in [3.63, 3.8) is 0 Å². The number of benzene rings is 2. The lowest BCUT2D eigenvalue weighted by Crippen LogP contribution is -2.28. The molecule has 2 N–H and O–H groups in total. The Hall–Kier alpha value is -2.98. The van der Waals surface area contributed by atoms with Crippen LogP contribution in [0.25, 0.3) is 0 Å². The molecule has 160 valence electrons. The molecule has 0 aliphatic carbocycles. The van der Waals surface area contributed by atoms with Crippen molar-refractivity contribution >= 4 is 33.2 Å². The Morgan fingerprint density at radius 1 is 1.20 bits per heavy atom. The summed E-state index contributed by atoms with van der Waals surface area (Å²) in [6.07, 6.45) is 1.12. The maximum Gasteiger partial charge on any atom is 0.240 e. The van der Waals surface area contributed by atoms with E-state index in [-0.39, 0.29) is 23.8 Å². The van der Waals surface area contributed by atoms with Gasteiger partial charge in [-0.3, -0.25) is 9.59 Å². The third-order valence-corrected chi connectivity index (χ3v) is 6.07. The number of carbonyl (C=O) groups is 2. The third-order valence-electron chi connectivity index (χ3n) is 4.59. The van der Waals surface area contributed by atoms with Crippen molar-refractivity contribution < 1.29 is 27.1 Å². The second-order valence-electron chi connectivity index (χ2n) is 6.69. The second kappa shape index (κ2) is 9.23. The molecule has 2 aromatic rings. The van der Waals surface area contributed by atoms with Gasteiger partial charge >= 0.3 is 0 Å². The molecule has 0 atom stereocenters. The Bertz CT molecular complexity index is 1040. The van der Waals surface area contributed by atoms with Crippen LogP contribution in [0.4, 0.5) is 15.8 Å². The molecule has 1 aliphatic rings. The molecule has 0 saturated carbocycles. The van der Waals surface area contributed by atoms with Crippen molar-refractivity contribution in [2.75, 3.05) is 30.4 Å². The van der Waals surface area contributed by atoms with Crippen LogP contribution in [0.2, 0.25) is 0 Å². The normalized spacial score (nSPS) is 14.1. The summed E-state index contributed by atoms with van der Waals surface area (Å²) in [5, 5.41) is 2.69. The minimum atomic E-state index is -3.84. The fourth-order valence-corrected chi connectivity index (χ4v) is 4.13. The van der Waals surface area contributed by atoms with E-state index >= 15 is 0 Å². The molecular weight excluding hydrogens is 413 g/mol. The van der Waals surface area contributed by atoms with E-state index < -0.39 is 21.7 Å². The number of methoxy groups -OCH3 is 1. The Morgan fingerprint density at radius 2 is 1.93 bits per heavy atom. The van der Waals surface area contributed by atoms with Gasteiger partial charge in [0.15, 0.2) is 0 Å². The number of hydrogen-bond acceptors (Lipinski definition) is 5. The van der Waals surface area contributed by atoms with E-state index in [9.17, 15) is 22.4 Å². The Labute approximate surface area is 174 Å². The van der Waals surface area contributed by atoms with Gasteiger partial charge in [0.1, 0.15) is 11.6 Å². The van der Waals surface area contributed by atoms with Crippen LogP contribution in [0.15, 0.2) is 47.4 Å². The van der Waals surface area contributed by atoms with Crippen LogP contribution in [-0.2, 0) is 19.6 Å². The van der Waals surface area contributed by atoms with Gasteiger partial charge in [-0.25, -0.2) is 17.5 Å². The average molecular weight is 435 g/mol. The van der Waals surface area contributed by atoms with Gasteiger partial charge in [-0.2, -0.15) is 0 Å². The quantitative estimate of drug-likeness (QED) is 0.662. The number of carbonyl (C=O) groups excluding carboxylic acids is 2. The van der Waals surface area contributed by atoms with Gasteiger partial charge in [-0.05, 0) is 48.9 Å². The van der Waals surface area contributed by atoms with Gasteiger partial charge in [0.05, 0.1) is 17.7 Å². The summed E-state index contributed by atoms with van der Waals surface area (Å²) >= 11 is 0. The molecule has 2 aromatic carbocycles. The van der Waals surface area contributed by atoms with Gasteiger partial charge in [0.25, 0.3) is 0 Å². The maximum absolute atomic E-state index is 12.9. The van der Waals surface area contributed by atoms with Crippen LogP contribution < -0.4 is 19.7 Å². The van der Waals surface area contributed by atoms with E-state index in [1.54, 1.807) is 23.1 Å². The van der Waals surface area contributed by atoms with Crippen LogP contribution in [-0.4, -0.2) is 40.4 Å².